The maximum absolute atomic E-state index is 12.8. The number of nitrogens with zero attached hydrogens (tertiary/aromatic N) is 3. The molecule has 0 radical (unpaired) electrons. The van der Waals surface area contributed by atoms with E-state index < -0.39 is 0 Å². The maximum Gasteiger partial charge on any atom is 0.221 e. The van der Waals surface area contributed by atoms with E-state index in [1.807, 2.05) is 54.0 Å². The zero-order valence-electron chi connectivity index (χ0n) is 19.8. The van der Waals surface area contributed by atoms with Crippen LogP contribution in [0.5, 0.6) is 5.75 Å². The van der Waals surface area contributed by atoms with Crippen LogP contribution in [0.4, 0.5) is 0 Å². The third-order valence-corrected chi connectivity index (χ3v) is 6.17. The normalized spacial score (nSPS) is 12.0. The van der Waals surface area contributed by atoms with Gasteiger partial charge in [-0.2, -0.15) is 5.10 Å². The molecule has 0 aliphatic carbocycles. The van der Waals surface area contributed by atoms with Crippen LogP contribution in [0.2, 0.25) is 0 Å². The van der Waals surface area contributed by atoms with Gasteiger partial charge in [0, 0.05) is 25.1 Å². The number of amides is 1. The highest BCUT2D eigenvalue weighted by Gasteiger charge is 2.20. The van der Waals surface area contributed by atoms with Crippen molar-refractivity contribution in [3.63, 3.8) is 0 Å². The van der Waals surface area contributed by atoms with Crippen molar-refractivity contribution in [2.45, 2.75) is 39.8 Å². The number of likely N-dealkylation sites (N-methyl/N-ethyl adjacent to an activating group) is 1. The number of rotatable bonds is 11. The summed E-state index contributed by atoms with van der Waals surface area (Å²) in [6, 6.07) is 16.2. The predicted octanol–water partition coefficient (Wildman–Crippen LogP) is 4.51. The smallest absolute Gasteiger partial charge is 0.221 e. The minimum atomic E-state index is -0.0204. The lowest BCUT2D eigenvalue weighted by Gasteiger charge is -2.30. The van der Waals surface area contributed by atoms with Gasteiger partial charge in [0.05, 0.1) is 13.2 Å². The first kappa shape index (κ1) is 24.7. The second kappa shape index (κ2) is 11.8. The fraction of sp³-hybridized carbons (Fsp3) is 0.400. The predicted molar refractivity (Wildman–Crippen MR) is 134 cm³/mol. The molecular weight excluding hydrogens is 434 g/mol. The molecule has 33 heavy (non-hydrogen) atoms. The number of aryl methyl sites for hydroxylation is 1. The first-order chi connectivity index (χ1) is 16.0. The Labute approximate surface area is 200 Å². The Morgan fingerprint density at radius 1 is 1.21 bits per heavy atom. The van der Waals surface area contributed by atoms with E-state index in [0.29, 0.717) is 24.3 Å². The number of benzene rings is 2. The Balaban J connectivity index is 1.67. The largest absolute Gasteiger partial charge is 0.497 e. The molecule has 3 rings (SSSR count). The molecule has 1 unspecified atom stereocenters. The van der Waals surface area contributed by atoms with Gasteiger partial charge in [0.25, 0.3) is 0 Å². The van der Waals surface area contributed by atoms with Gasteiger partial charge < -0.3 is 10.1 Å². The number of hydrogen-bond acceptors (Lipinski definition) is 5. The third kappa shape index (κ3) is 6.30. The van der Waals surface area contributed by atoms with E-state index in [1.54, 1.807) is 7.11 Å². The summed E-state index contributed by atoms with van der Waals surface area (Å²) in [6.07, 6.45) is 0.315. The molecule has 1 heterocycles. The van der Waals surface area contributed by atoms with E-state index in [2.05, 4.69) is 40.3 Å². The number of carbonyl (C=O) groups excluding carboxylic acids is 1. The SMILES string of the molecule is CCN(CC)C(CNC(=O)CCn1c(-c2ccc(C)cc2)n[nH]c1=S)c1cccc(OC)c1. The van der Waals surface area contributed by atoms with Crippen LogP contribution in [0.25, 0.3) is 11.4 Å². The summed E-state index contributed by atoms with van der Waals surface area (Å²) in [5.41, 5.74) is 3.27. The number of aromatic nitrogens is 3. The summed E-state index contributed by atoms with van der Waals surface area (Å²) >= 11 is 5.40. The summed E-state index contributed by atoms with van der Waals surface area (Å²) in [5, 5.41) is 10.3. The van der Waals surface area contributed by atoms with Crippen LogP contribution in [0.3, 0.4) is 0 Å². The Morgan fingerprint density at radius 3 is 2.61 bits per heavy atom. The lowest BCUT2D eigenvalue weighted by atomic mass is 10.0. The second-order valence-corrected chi connectivity index (χ2v) is 8.32. The van der Waals surface area contributed by atoms with Crippen LogP contribution < -0.4 is 10.1 Å². The number of ether oxygens (including phenoxy) is 1. The summed E-state index contributed by atoms with van der Waals surface area (Å²) in [5.74, 6) is 1.53. The molecule has 0 saturated carbocycles. The molecule has 1 amide bonds. The molecule has 1 aromatic heterocycles. The van der Waals surface area contributed by atoms with Gasteiger partial charge in [-0.15, -0.1) is 0 Å². The number of hydrogen-bond donors (Lipinski definition) is 2. The van der Waals surface area contributed by atoms with Crippen molar-refractivity contribution in [2.24, 2.45) is 0 Å². The fourth-order valence-corrected chi connectivity index (χ4v) is 4.15. The van der Waals surface area contributed by atoms with Gasteiger partial charge in [-0.1, -0.05) is 55.8 Å². The molecule has 0 aliphatic rings. The molecule has 8 heteroatoms. The van der Waals surface area contributed by atoms with Gasteiger partial charge in [-0.05, 0) is 49.9 Å². The van der Waals surface area contributed by atoms with E-state index in [9.17, 15) is 4.79 Å². The number of carbonyl (C=O) groups is 1. The molecular formula is C25H33N5O2S. The van der Waals surface area contributed by atoms with Crippen LogP contribution in [0.15, 0.2) is 48.5 Å². The average Bonchev–Trinajstić information content (AvgIpc) is 3.21. The van der Waals surface area contributed by atoms with Crippen LogP contribution in [0, 0.1) is 11.7 Å². The quantitative estimate of drug-likeness (QED) is 0.406. The topological polar surface area (TPSA) is 75.2 Å². The zero-order chi connectivity index (χ0) is 23.8. The molecule has 176 valence electrons. The Morgan fingerprint density at radius 2 is 1.94 bits per heavy atom. The van der Waals surface area contributed by atoms with Crippen molar-refractivity contribution < 1.29 is 9.53 Å². The van der Waals surface area contributed by atoms with Gasteiger partial charge in [-0.3, -0.25) is 19.4 Å². The minimum absolute atomic E-state index is 0.0204. The van der Waals surface area contributed by atoms with Crippen molar-refractivity contribution in [2.75, 3.05) is 26.7 Å². The van der Waals surface area contributed by atoms with Crippen LogP contribution in [-0.4, -0.2) is 52.3 Å². The fourth-order valence-electron chi connectivity index (χ4n) is 3.93. The Kier molecular flexibility index (Phi) is 8.79. The van der Waals surface area contributed by atoms with Crippen LogP contribution >= 0.6 is 12.2 Å². The number of nitrogens with one attached hydrogen (secondary N) is 2. The maximum atomic E-state index is 12.8. The van der Waals surface area contributed by atoms with Crippen molar-refractivity contribution in [3.8, 4) is 17.1 Å². The van der Waals surface area contributed by atoms with Crippen LogP contribution in [0.1, 0.15) is 37.4 Å². The molecule has 2 aromatic carbocycles. The second-order valence-electron chi connectivity index (χ2n) is 7.94. The first-order valence-electron chi connectivity index (χ1n) is 11.3. The lowest BCUT2D eigenvalue weighted by Crippen LogP contribution is -2.38. The highest BCUT2D eigenvalue weighted by molar-refractivity contribution is 7.71. The molecule has 7 nitrogen and oxygen atoms in total. The lowest BCUT2D eigenvalue weighted by molar-refractivity contribution is -0.121. The molecule has 2 N–H and O–H groups in total. The average molecular weight is 468 g/mol. The highest BCUT2D eigenvalue weighted by Crippen LogP contribution is 2.24. The first-order valence-corrected chi connectivity index (χ1v) is 11.7. The monoisotopic (exact) mass is 467 g/mol. The van der Waals surface area contributed by atoms with Crippen molar-refractivity contribution in [1.29, 1.82) is 0 Å². The van der Waals surface area contributed by atoms with Gasteiger partial charge in [0.15, 0.2) is 10.6 Å². The minimum Gasteiger partial charge on any atom is -0.497 e. The van der Waals surface area contributed by atoms with Gasteiger partial charge in [0.2, 0.25) is 5.91 Å². The van der Waals surface area contributed by atoms with Crippen molar-refractivity contribution >= 4 is 18.1 Å². The van der Waals surface area contributed by atoms with Crippen molar-refractivity contribution in [1.82, 2.24) is 25.0 Å². The molecule has 0 saturated heterocycles. The molecule has 1 atom stereocenters. The summed E-state index contributed by atoms with van der Waals surface area (Å²) < 4.78 is 7.78. The number of H-pyrrole nitrogens is 1. The molecule has 0 aliphatic heterocycles. The number of aromatic amines is 1. The molecule has 0 bridgehead atoms. The molecule has 0 fully saturated rings. The van der Waals surface area contributed by atoms with E-state index in [1.165, 1.54) is 5.56 Å². The van der Waals surface area contributed by atoms with Gasteiger partial charge >= 0.3 is 0 Å². The standard InChI is InChI=1S/C25H33N5O2S/c1-5-29(6-2)22(20-8-7-9-21(16-20)32-4)17-26-23(31)14-15-30-24(27-28-25(30)33)19-12-10-18(3)11-13-19/h7-13,16,22H,5-6,14-15,17H2,1-4H3,(H,26,31)(H,28,33). The van der Waals surface area contributed by atoms with E-state index >= 15 is 0 Å². The van der Waals surface area contributed by atoms with E-state index in [-0.39, 0.29) is 11.9 Å². The van der Waals surface area contributed by atoms with Crippen molar-refractivity contribution in [3.05, 3.63) is 64.4 Å². The summed E-state index contributed by atoms with van der Waals surface area (Å²) in [4.78, 5) is 15.1. The number of methoxy groups -OCH3 is 1. The van der Waals surface area contributed by atoms with Gasteiger partial charge in [-0.25, -0.2) is 0 Å². The van der Waals surface area contributed by atoms with Crippen LogP contribution in [-0.2, 0) is 11.3 Å². The Bertz CT molecular complexity index is 1100. The highest BCUT2D eigenvalue weighted by atomic mass is 32.1. The molecule has 3 aromatic rings. The van der Waals surface area contributed by atoms with Gasteiger partial charge in [0.1, 0.15) is 5.75 Å². The third-order valence-electron chi connectivity index (χ3n) is 5.85. The van der Waals surface area contributed by atoms with E-state index in [4.69, 9.17) is 17.0 Å². The van der Waals surface area contributed by atoms with E-state index in [0.717, 1.165) is 35.8 Å². The summed E-state index contributed by atoms with van der Waals surface area (Å²) in [6.45, 7) is 9.06. The summed E-state index contributed by atoms with van der Waals surface area (Å²) in [7, 11) is 1.67. The molecule has 0 spiro atoms. The zero-order valence-corrected chi connectivity index (χ0v) is 20.6. The Hall–Kier alpha value is -2.97.